The van der Waals surface area contributed by atoms with Crippen molar-refractivity contribution in [3.63, 3.8) is 0 Å². The monoisotopic (exact) mass is 404 g/mol. The van der Waals surface area contributed by atoms with Crippen LogP contribution < -0.4 is 5.32 Å². The largest absolute Gasteiger partial charge is 0.436 e. The van der Waals surface area contributed by atoms with Gasteiger partial charge in [0, 0.05) is 22.8 Å². The highest BCUT2D eigenvalue weighted by atomic mass is 79.9. The molecular weight excluding hydrogens is 388 g/mol. The zero-order valence-electron chi connectivity index (χ0n) is 14.2. The van der Waals surface area contributed by atoms with Gasteiger partial charge in [0.05, 0.1) is 0 Å². The third kappa shape index (κ3) is 3.55. The second kappa shape index (κ2) is 7.18. The predicted molar refractivity (Wildman–Crippen MR) is 112 cm³/mol. The smallest absolute Gasteiger partial charge is 0.227 e. The first kappa shape index (κ1) is 16.6. The average Bonchev–Trinajstić information content (AvgIpc) is 3.10. The molecule has 4 aromatic rings. The van der Waals surface area contributed by atoms with Crippen molar-refractivity contribution >= 4 is 44.9 Å². The minimum absolute atomic E-state index is 0.635. The van der Waals surface area contributed by atoms with Gasteiger partial charge in [0.25, 0.3) is 0 Å². The average molecular weight is 405 g/mol. The molecule has 128 valence electrons. The fraction of sp³-hybridized carbons (Fsp3) is 0.0455. The lowest BCUT2D eigenvalue weighted by molar-refractivity contribution is 0.620. The maximum Gasteiger partial charge on any atom is 0.227 e. The number of hydrogen-bond acceptors (Lipinski definition) is 3. The van der Waals surface area contributed by atoms with E-state index in [4.69, 9.17) is 4.42 Å². The number of anilines is 1. The highest BCUT2D eigenvalue weighted by molar-refractivity contribution is 9.10. The minimum Gasteiger partial charge on any atom is -0.436 e. The summed E-state index contributed by atoms with van der Waals surface area (Å²) in [4.78, 5) is 4.56. The number of oxazole rings is 1. The van der Waals surface area contributed by atoms with Crippen LogP contribution in [0.15, 0.2) is 75.6 Å². The van der Waals surface area contributed by atoms with Crippen molar-refractivity contribution < 1.29 is 4.42 Å². The number of nitrogens with zero attached hydrogens (tertiary/aromatic N) is 1. The number of aromatic nitrogens is 1. The predicted octanol–water partition coefficient (Wildman–Crippen LogP) is 6.47. The standard InChI is InChI=1S/C22H17BrN2O/c1-24-19-11-6-16(7-12-19)3-2-15-4-8-17(9-5-15)22-25-20-14-18(23)10-13-21(20)26-22/h2-14,24H,1H3/b3-2+. The molecule has 3 nitrogen and oxygen atoms in total. The number of benzene rings is 3. The first-order chi connectivity index (χ1) is 12.7. The molecule has 1 heterocycles. The van der Waals surface area contributed by atoms with Gasteiger partial charge in [0.15, 0.2) is 5.58 Å². The van der Waals surface area contributed by atoms with E-state index in [1.807, 2.05) is 37.4 Å². The first-order valence-electron chi connectivity index (χ1n) is 8.34. The van der Waals surface area contributed by atoms with Crippen LogP contribution in [0.2, 0.25) is 0 Å². The summed E-state index contributed by atoms with van der Waals surface area (Å²) < 4.78 is 6.84. The van der Waals surface area contributed by atoms with E-state index >= 15 is 0 Å². The van der Waals surface area contributed by atoms with E-state index in [2.05, 4.69) is 74.8 Å². The van der Waals surface area contributed by atoms with Crippen LogP contribution in [0.25, 0.3) is 34.7 Å². The maximum absolute atomic E-state index is 5.84. The van der Waals surface area contributed by atoms with Gasteiger partial charge in [-0.3, -0.25) is 0 Å². The number of fused-ring (bicyclic) bond motifs is 1. The molecule has 0 spiro atoms. The Bertz CT molecular complexity index is 1060. The second-order valence-corrected chi connectivity index (χ2v) is 6.87. The molecule has 0 saturated carbocycles. The van der Waals surface area contributed by atoms with Crippen LogP contribution in [0.5, 0.6) is 0 Å². The molecular formula is C22H17BrN2O. The molecule has 1 N–H and O–H groups in total. The van der Waals surface area contributed by atoms with Crippen molar-refractivity contribution in [2.45, 2.75) is 0 Å². The third-order valence-corrected chi connectivity index (χ3v) is 4.67. The summed E-state index contributed by atoms with van der Waals surface area (Å²) in [6.07, 6.45) is 4.20. The molecule has 0 aliphatic heterocycles. The van der Waals surface area contributed by atoms with E-state index < -0.39 is 0 Å². The van der Waals surface area contributed by atoms with Crippen LogP contribution in [-0.2, 0) is 0 Å². The van der Waals surface area contributed by atoms with Crippen LogP contribution in [0, 0.1) is 0 Å². The fourth-order valence-electron chi connectivity index (χ4n) is 2.71. The van der Waals surface area contributed by atoms with Gasteiger partial charge in [-0.25, -0.2) is 4.98 Å². The lowest BCUT2D eigenvalue weighted by atomic mass is 10.1. The summed E-state index contributed by atoms with van der Waals surface area (Å²) in [6, 6.07) is 22.3. The molecule has 0 amide bonds. The first-order valence-corrected chi connectivity index (χ1v) is 9.13. The number of rotatable bonds is 4. The van der Waals surface area contributed by atoms with Gasteiger partial charge in [-0.2, -0.15) is 0 Å². The molecule has 4 rings (SSSR count). The van der Waals surface area contributed by atoms with E-state index in [-0.39, 0.29) is 0 Å². The van der Waals surface area contributed by atoms with E-state index in [0.717, 1.165) is 38.0 Å². The maximum atomic E-state index is 5.84. The van der Waals surface area contributed by atoms with Gasteiger partial charge >= 0.3 is 0 Å². The Hall–Kier alpha value is -2.85. The van der Waals surface area contributed by atoms with Gasteiger partial charge in [0.2, 0.25) is 5.89 Å². The number of hydrogen-bond donors (Lipinski definition) is 1. The Morgan fingerprint density at radius 3 is 2.19 bits per heavy atom. The number of halogens is 1. The van der Waals surface area contributed by atoms with E-state index in [9.17, 15) is 0 Å². The quantitative estimate of drug-likeness (QED) is 0.396. The van der Waals surface area contributed by atoms with Gasteiger partial charge in [-0.1, -0.05) is 52.3 Å². The van der Waals surface area contributed by atoms with Crippen LogP contribution in [0.4, 0.5) is 5.69 Å². The lowest BCUT2D eigenvalue weighted by Crippen LogP contribution is -1.86. The molecule has 0 saturated heterocycles. The Kier molecular flexibility index (Phi) is 4.59. The van der Waals surface area contributed by atoms with Gasteiger partial charge in [0.1, 0.15) is 5.52 Å². The zero-order valence-corrected chi connectivity index (χ0v) is 15.8. The van der Waals surface area contributed by atoms with Gasteiger partial charge < -0.3 is 9.73 Å². The summed E-state index contributed by atoms with van der Waals surface area (Å²) in [5.41, 5.74) is 6.01. The molecule has 0 aliphatic carbocycles. The molecule has 0 bridgehead atoms. The Labute approximate surface area is 160 Å². The number of nitrogens with one attached hydrogen (secondary N) is 1. The van der Waals surface area contributed by atoms with Crippen molar-refractivity contribution in [3.05, 3.63) is 82.3 Å². The summed E-state index contributed by atoms with van der Waals surface area (Å²) in [7, 11) is 1.92. The van der Waals surface area contributed by atoms with Crippen molar-refractivity contribution in [2.24, 2.45) is 0 Å². The van der Waals surface area contributed by atoms with Crippen LogP contribution in [0.3, 0.4) is 0 Å². The Morgan fingerprint density at radius 1 is 0.885 bits per heavy atom. The molecule has 0 unspecified atom stereocenters. The van der Waals surface area contributed by atoms with Crippen LogP contribution >= 0.6 is 15.9 Å². The van der Waals surface area contributed by atoms with Crippen LogP contribution in [0.1, 0.15) is 11.1 Å². The van der Waals surface area contributed by atoms with Crippen LogP contribution in [-0.4, -0.2) is 12.0 Å². The van der Waals surface area contributed by atoms with E-state index in [1.165, 1.54) is 0 Å². The zero-order chi connectivity index (χ0) is 17.9. The summed E-state index contributed by atoms with van der Waals surface area (Å²) in [6.45, 7) is 0. The van der Waals surface area contributed by atoms with Crippen molar-refractivity contribution in [1.82, 2.24) is 4.98 Å². The minimum atomic E-state index is 0.635. The molecule has 0 aliphatic rings. The van der Waals surface area contributed by atoms with E-state index in [1.54, 1.807) is 0 Å². The summed E-state index contributed by atoms with van der Waals surface area (Å²) in [5, 5.41) is 3.12. The lowest BCUT2D eigenvalue weighted by Gasteiger charge is -2.00. The highest BCUT2D eigenvalue weighted by Crippen LogP contribution is 2.26. The second-order valence-electron chi connectivity index (χ2n) is 5.96. The van der Waals surface area contributed by atoms with Crippen molar-refractivity contribution in [3.8, 4) is 11.5 Å². The highest BCUT2D eigenvalue weighted by Gasteiger charge is 2.08. The summed E-state index contributed by atoms with van der Waals surface area (Å²) in [5.74, 6) is 0.635. The molecule has 0 radical (unpaired) electrons. The van der Waals surface area contributed by atoms with Gasteiger partial charge in [-0.15, -0.1) is 0 Å². The fourth-order valence-corrected chi connectivity index (χ4v) is 3.06. The Morgan fingerprint density at radius 2 is 1.54 bits per heavy atom. The molecule has 0 fully saturated rings. The molecule has 1 aromatic heterocycles. The van der Waals surface area contributed by atoms with Gasteiger partial charge in [-0.05, 0) is 53.6 Å². The normalized spacial score (nSPS) is 11.3. The molecule has 26 heavy (non-hydrogen) atoms. The van der Waals surface area contributed by atoms with E-state index in [0.29, 0.717) is 5.89 Å². The molecule has 4 heteroatoms. The Balaban J connectivity index is 1.54. The molecule has 0 atom stereocenters. The van der Waals surface area contributed by atoms with Crippen molar-refractivity contribution in [1.29, 1.82) is 0 Å². The van der Waals surface area contributed by atoms with Crippen molar-refractivity contribution in [2.75, 3.05) is 12.4 Å². The molecule has 3 aromatic carbocycles. The summed E-state index contributed by atoms with van der Waals surface area (Å²) >= 11 is 3.46. The SMILES string of the molecule is CNc1ccc(/C=C/c2ccc(-c3nc4cc(Br)ccc4o3)cc2)cc1. The topological polar surface area (TPSA) is 38.1 Å². The third-order valence-electron chi connectivity index (χ3n) is 4.17.